The molecule has 0 saturated carbocycles. The van der Waals surface area contributed by atoms with E-state index in [2.05, 4.69) is 4.98 Å². The average Bonchev–Trinajstić information content (AvgIpc) is 2.99. The van der Waals surface area contributed by atoms with Crippen molar-refractivity contribution in [3.8, 4) is 11.3 Å². The van der Waals surface area contributed by atoms with E-state index in [0.717, 1.165) is 35.3 Å². The quantitative estimate of drug-likeness (QED) is 0.281. The Morgan fingerprint density at radius 1 is 0.875 bits per heavy atom. The van der Waals surface area contributed by atoms with Gasteiger partial charge in [0.25, 0.3) is 0 Å². The van der Waals surface area contributed by atoms with Crippen molar-refractivity contribution in [2.75, 3.05) is 0 Å². The second-order valence-corrected chi connectivity index (χ2v) is 7.72. The van der Waals surface area contributed by atoms with Gasteiger partial charge in [0.15, 0.2) is 0 Å². The maximum absolute atomic E-state index is 13.0. The molecule has 0 aliphatic rings. The molecule has 0 radical (unpaired) electrons. The summed E-state index contributed by atoms with van der Waals surface area (Å²) < 4.78 is 79.5. The van der Waals surface area contributed by atoms with Gasteiger partial charge in [-0.1, -0.05) is 41.9 Å². The zero-order valence-corrected chi connectivity index (χ0v) is 17.3. The van der Waals surface area contributed by atoms with Crippen molar-refractivity contribution >= 4 is 22.5 Å². The van der Waals surface area contributed by atoms with Crippen LogP contribution in [0.4, 0.5) is 26.3 Å². The van der Waals surface area contributed by atoms with Gasteiger partial charge >= 0.3 is 12.4 Å². The Morgan fingerprint density at radius 3 is 2.09 bits per heavy atom. The number of para-hydroxylation sites is 1. The third-order valence-corrected chi connectivity index (χ3v) is 5.55. The fourth-order valence-electron chi connectivity index (χ4n) is 3.69. The monoisotopic (exact) mass is 468 g/mol. The van der Waals surface area contributed by atoms with Crippen LogP contribution >= 0.6 is 11.6 Å². The van der Waals surface area contributed by atoms with E-state index in [-0.39, 0.29) is 17.3 Å². The van der Waals surface area contributed by atoms with Gasteiger partial charge in [-0.3, -0.25) is 4.98 Å². The van der Waals surface area contributed by atoms with Crippen molar-refractivity contribution in [1.82, 2.24) is 9.55 Å². The highest BCUT2D eigenvalue weighted by Gasteiger charge is 2.32. The summed E-state index contributed by atoms with van der Waals surface area (Å²) in [6.07, 6.45) is -8.25. The number of rotatable bonds is 3. The fraction of sp³-hybridized carbons (Fsp3) is 0.174. The molecule has 0 fully saturated rings. The predicted molar refractivity (Wildman–Crippen MR) is 110 cm³/mol. The highest BCUT2D eigenvalue weighted by atomic mass is 35.5. The van der Waals surface area contributed by atoms with Gasteiger partial charge in [-0.15, -0.1) is 0 Å². The highest BCUT2D eigenvalue weighted by Crippen LogP contribution is 2.39. The number of fused-ring (bicyclic) bond motifs is 1. The van der Waals surface area contributed by atoms with E-state index in [4.69, 9.17) is 11.6 Å². The van der Waals surface area contributed by atoms with Crippen LogP contribution in [0.3, 0.4) is 0 Å². The summed E-state index contributed by atoms with van der Waals surface area (Å²) in [5.41, 5.74) is 1.18. The Labute approximate surface area is 184 Å². The lowest BCUT2D eigenvalue weighted by atomic mass is 10.1. The van der Waals surface area contributed by atoms with E-state index in [1.807, 2.05) is 10.6 Å². The second-order valence-electron chi connectivity index (χ2n) is 7.31. The predicted octanol–water partition coefficient (Wildman–Crippen LogP) is 7.75. The number of benzene rings is 2. The maximum atomic E-state index is 13.0. The Bertz CT molecular complexity index is 1290. The van der Waals surface area contributed by atoms with E-state index >= 15 is 0 Å². The van der Waals surface area contributed by atoms with Crippen molar-refractivity contribution in [2.45, 2.75) is 25.8 Å². The molecule has 9 heteroatoms. The van der Waals surface area contributed by atoms with Crippen molar-refractivity contribution in [3.05, 3.63) is 88.2 Å². The highest BCUT2D eigenvalue weighted by molar-refractivity contribution is 6.33. The minimum Gasteiger partial charge on any atom is -0.340 e. The van der Waals surface area contributed by atoms with Gasteiger partial charge in [-0.05, 0) is 36.8 Å². The molecule has 0 unspecified atom stereocenters. The zero-order chi connectivity index (χ0) is 23.3. The smallest absolute Gasteiger partial charge is 0.340 e. The first-order valence-corrected chi connectivity index (χ1v) is 9.81. The van der Waals surface area contributed by atoms with Gasteiger partial charge in [0, 0.05) is 34.9 Å². The first-order valence-electron chi connectivity index (χ1n) is 9.44. The number of nitrogens with zero attached hydrogens (tertiary/aromatic N) is 2. The molecule has 4 aromatic rings. The Kier molecular flexibility index (Phi) is 5.45. The molecular weight excluding hydrogens is 454 g/mol. The summed E-state index contributed by atoms with van der Waals surface area (Å²) in [5, 5.41) is 0.589. The molecule has 2 nitrogen and oxygen atoms in total. The summed E-state index contributed by atoms with van der Waals surface area (Å²) in [4.78, 5) is 3.99. The van der Waals surface area contributed by atoms with Gasteiger partial charge < -0.3 is 4.57 Å². The van der Waals surface area contributed by atoms with Crippen LogP contribution in [0.1, 0.15) is 22.4 Å². The second kappa shape index (κ2) is 7.85. The summed E-state index contributed by atoms with van der Waals surface area (Å²) in [6, 6.07) is 12.9. The van der Waals surface area contributed by atoms with Crippen molar-refractivity contribution < 1.29 is 26.3 Å². The molecular formula is C23H15ClF6N2. The molecule has 2 heterocycles. The molecule has 4 rings (SSSR count). The zero-order valence-electron chi connectivity index (χ0n) is 16.5. The van der Waals surface area contributed by atoms with Gasteiger partial charge in [0.2, 0.25) is 0 Å². The normalized spacial score (nSPS) is 12.5. The lowest BCUT2D eigenvalue weighted by Crippen LogP contribution is -2.07. The summed E-state index contributed by atoms with van der Waals surface area (Å²) in [6.45, 7) is 2.04. The standard InChI is InChI=1S/C23H15ClF6N2/c1-13-20(21-18(24)10-16(11-31-21)23(28,29)30)17-4-2-3-5-19(17)32(13)12-14-6-8-15(9-7-14)22(25,26)27/h2-11H,12H2,1H3. The lowest BCUT2D eigenvalue weighted by Gasteiger charge is -2.12. The molecule has 0 aliphatic heterocycles. The number of halogens is 7. The molecule has 0 bridgehead atoms. The molecule has 0 saturated heterocycles. The van der Waals surface area contributed by atoms with Crippen LogP contribution in [0, 0.1) is 6.92 Å². The van der Waals surface area contributed by atoms with Gasteiger partial charge in [0.1, 0.15) is 0 Å². The fourth-order valence-corrected chi connectivity index (χ4v) is 3.95. The van der Waals surface area contributed by atoms with Gasteiger partial charge in [-0.2, -0.15) is 26.3 Å². The summed E-state index contributed by atoms with van der Waals surface area (Å²) in [5.74, 6) is 0. The minimum atomic E-state index is -4.57. The van der Waals surface area contributed by atoms with Gasteiger partial charge in [-0.25, -0.2) is 0 Å². The Morgan fingerprint density at radius 2 is 1.50 bits per heavy atom. The molecule has 2 aromatic carbocycles. The van der Waals surface area contributed by atoms with Crippen LogP contribution in [-0.2, 0) is 18.9 Å². The Balaban J connectivity index is 1.81. The number of hydrogen-bond acceptors (Lipinski definition) is 1. The maximum Gasteiger partial charge on any atom is 0.417 e. The number of pyridine rings is 1. The Hall–Kier alpha value is -3.00. The van der Waals surface area contributed by atoms with Crippen LogP contribution < -0.4 is 0 Å². The third kappa shape index (κ3) is 4.07. The minimum absolute atomic E-state index is 0.139. The molecule has 32 heavy (non-hydrogen) atoms. The lowest BCUT2D eigenvalue weighted by molar-refractivity contribution is -0.138. The van der Waals surface area contributed by atoms with E-state index < -0.39 is 23.5 Å². The van der Waals surface area contributed by atoms with Crippen LogP contribution in [0.15, 0.2) is 60.8 Å². The third-order valence-electron chi connectivity index (χ3n) is 5.26. The number of alkyl halides is 6. The topological polar surface area (TPSA) is 17.8 Å². The largest absolute Gasteiger partial charge is 0.417 e. The van der Waals surface area contributed by atoms with E-state index in [1.165, 1.54) is 12.1 Å². The SMILES string of the molecule is Cc1c(-c2ncc(C(F)(F)F)cc2Cl)c2ccccc2n1Cc1ccc(C(F)(F)F)cc1. The van der Waals surface area contributed by atoms with E-state index in [0.29, 0.717) is 16.8 Å². The molecule has 0 atom stereocenters. The molecule has 0 N–H and O–H groups in total. The average molecular weight is 469 g/mol. The molecule has 2 aromatic heterocycles. The molecule has 166 valence electrons. The molecule has 0 aliphatic carbocycles. The van der Waals surface area contributed by atoms with Crippen molar-refractivity contribution in [2.24, 2.45) is 0 Å². The first kappa shape index (κ1) is 22.2. The van der Waals surface area contributed by atoms with Crippen LogP contribution in [0.2, 0.25) is 5.02 Å². The van der Waals surface area contributed by atoms with Crippen molar-refractivity contribution in [1.29, 1.82) is 0 Å². The first-order chi connectivity index (χ1) is 15.0. The number of hydrogen-bond donors (Lipinski definition) is 0. The van der Waals surface area contributed by atoms with Crippen LogP contribution in [0.5, 0.6) is 0 Å². The van der Waals surface area contributed by atoms with Gasteiger partial charge in [0.05, 0.1) is 21.8 Å². The molecule has 0 spiro atoms. The van der Waals surface area contributed by atoms with E-state index in [1.54, 1.807) is 25.1 Å². The van der Waals surface area contributed by atoms with Crippen molar-refractivity contribution in [3.63, 3.8) is 0 Å². The van der Waals surface area contributed by atoms with E-state index in [9.17, 15) is 26.3 Å². The van der Waals surface area contributed by atoms with Crippen LogP contribution in [0.25, 0.3) is 22.2 Å². The molecule has 0 amide bonds. The van der Waals surface area contributed by atoms with Crippen LogP contribution in [-0.4, -0.2) is 9.55 Å². The summed E-state index contributed by atoms with van der Waals surface area (Å²) >= 11 is 6.19. The summed E-state index contributed by atoms with van der Waals surface area (Å²) in [7, 11) is 0. The number of aromatic nitrogens is 2.